The van der Waals surface area contributed by atoms with Gasteiger partial charge in [0.2, 0.25) is 15.9 Å². The Hall–Kier alpha value is -3.65. The Kier molecular flexibility index (Phi) is 8.61. The van der Waals surface area contributed by atoms with Gasteiger partial charge in [-0.1, -0.05) is 72.3 Å². The second-order valence-electron chi connectivity index (χ2n) is 8.50. The van der Waals surface area contributed by atoms with Gasteiger partial charge in [-0.15, -0.1) is 0 Å². The number of amides is 1. The molecular weight excluding hydrogens is 508 g/mol. The fraction of sp³-hybridized carbons (Fsp3) is 0.138. The summed E-state index contributed by atoms with van der Waals surface area (Å²) in [6.45, 7) is 1.80. The van der Waals surface area contributed by atoms with Gasteiger partial charge in [0.1, 0.15) is 5.75 Å². The first-order valence-electron chi connectivity index (χ1n) is 11.8. The zero-order chi connectivity index (χ0) is 26.3. The molecule has 1 atom stereocenters. The van der Waals surface area contributed by atoms with Crippen LogP contribution in [0.4, 0.5) is 5.69 Å². The standard InChI is InChI=1S/C29H27ClN2O4S/c1-21(23-8-4-2-5-9-23)32-37(34,35)26-16-12-22(13-17-26)14-19-29(33)31-27-20-24(30)15-18-28(27)36-25-10-6-3-7-11-25/h2-13,15-18,20-21,32H,14,19H2,1H3,(H,31,33)/t21-/m0/s1. The van der Waals surface area contributed by atoms with Crippen LogP contribution in [0.1, 0.15) is 30.5 Å². The average Bonchev–Trinajstić information content (AvgIpc) is 2.90. The highest BCUT2D eigenvalue weighted by atomic mass is 35.5. The molecule has 2 N–H and O–H groups in total. The molecule has 190 valence electrons. The van der Waals surface area contributed by atoms with Crippen molar-refractivity contribution in [2.45, 2.75) is 30.7 Å². The molecule has 4 rings (SSSR count). The molecule has 0 fully saturated rings. The quantitative estimate of drug-likeness (QED) is 0.236. The number of para-hydroxylation sites is 1. The van der Waals surface area contributed by atoms with Crippen molar-refractivity contribution in [2.24, 2.45) is 0 Å². The number of carbonyl (C=O) groups excluding carboxylic acids is 1. The van der Waals surface area contributed by atoms with E-state index in [0.717, 1.165) is 11.1 Å². The van der Waals surface area contributed by atoms with Crippen LogP contribution in [0.3, 0.4) is 0 Å². The van der Waals surface area contributed by atoms with Crippen LogP contribution in [-0.2, 0) is 21.2 Å². The van der Waals surface area contributed by atoms with Crippen LogP contribution in [0.15, 0.2) is 108 Å². The molecule has 0 aliphatic heterocycles. The van der Waals surface area contributed by atoms with Crippen LogP contribution < -0.4 is 14.8 Å². The fourth-order valence-corrected chi connectivity index (χ4v) is 5.12. The van der Waals surface area contributed by atoms with Crippen molar-refractivity contribution in [2.75, 3.05) is 5.32 Å². The zero-order valence-electron chi connectivity index (χ0n) is 20.2. The minimum absolute atomic E-state index is 0.171. The summed E-state index contributed by atoms with van der Waals surface area (Å²) in [6.07, 6.45) is 0.641. The Morgan fingerprint density at radius 2 is 1.54 bits per heavy atom. The van der Waals surface area contributed by atoms with E-state index in [1.165, 1.54) is 0 Å². The number of nitrogens with one attached hydrogen (secondary N) is 2. The van der Waals surface area contributed by atoms with Crippen molar-refractivity contribution in [3.05, 3.63) is 119 Å². The van der Waals surface area contributed by atoms with Crippen molar-refractivity contribution in [1.82, 2.24) is 4.72 Å². The van der Waals surface area contributed by atoms with Gasteiger partial charge < -0.3 is 10.1 Å². The van der Waals surface area contributed by atoms with E-state index in [1.807, 2.05) is 60.7 Å². The molecule has 0 bridgehead atoms. The summed E-state index contributed by atoms with van der Waals surface area (Å²) in [5.74, 6) is 0.911. The number of halogens is 1. The first kappa shape index (κ1) is 26.4. The molecule has 0 radical (unpaired) electrons. The van der Waals surface area contributed by atoms with Crippen molar-refractivity contribution in [1.29, 1.82) is 0 Å². The second-order valence-corrected chi connectivity index (χ2v) is 10.7. The lowest BCUT2D eigenvalue weighted by Gasteiger charge is -2.15. The number of aryl methyl sites for hydroxylation is 1. The summed E-state index contributed by atoms with van der Waals surface area (Å²) in [5, 5.41) is 3.34. The molecule has 0 aromatic heterocycles. The maximum Gasteiger partial charge on any atom is 0.241 e. The summed E-state index contributed by atoms with van der Waals surface area (Å²) in [6, 6.07) is 29.9. The van der Waals surface area contributed by atoms with Crippen LogP contribution in [0.25, 0.3) is 0 Å². The molecule has 4 aromatic rings. The molecule has 0 unspecified atom stereocenters. The number of carbonyl (C=O) groups is 1. The average molecular weight is 535 g/mol. The molecule has 0 heterocycles. The van der Waals surface area contributed by atoms with E-state index in [1.54, 1.807) is 49.4 Å². The van der Waals surface area contributed by atoms with Gasteiger partial charge in [-0.2, -0.15) is 0 Å². The number of ether oxygens (including phenoxy) is 1. The van der Waals surface area contributed by atoms with Crippen LogP contribution in [0.2, 0.25) is 5.02 Å². The van der Waals surface area contributed by atoms with Gasteiger partial charge >= 0.3 is 0 Å². The van der Waals surface area contributed by atoms with Gasteiger partial charge in [0.15, 0.2) is 5.75 Å². The lowest BCUT2D eigenvalue weighted by Crippen LogP contribution is -2.26. The summed E-state index contributed by atoms with van der Waals surface area (Å²) < 4.78 is 34.2. The molecule has 0 aliphatic carbocycles. The number of hydrogen-bond donors (Lipinski definition) is 2. The Bertz CT molecular complexity index is 1440. The van der Waals surface area contributed by atoms with Gasteiger partial charge in [-0.25, -0.2) is 13.1 Å². The van der Waals surface area contributed by atoms with Crippen LogP contribution in [0, 0.1) is 0 Å². The molecule has 0 aliphatic rings. The molecule has 8 heteroatoms. The van der Waals surface area contributed by atoms with E-state index in [9.17, 15) is 13.2 Å². The molecule has 1 amide bonds. The maximum atomic E-state index is 12.8. The minimum Gasteiger partial charge on any atom is -0.455 e. The largest absolute Gasteiger partial charge is 0.455 e. The normalized spacial score (nSPS) is 12.1. The smallest absolute Gasteiger partial charge is 0.241 e. The predicted molar refractivity (Wildman–Crippen MR) is 147 cm³/mol. The highest BCUT2D eigenvalue weighted by molar-refractivity contribution is 7.89. The first-order chi connectivity index (χ1) is 17.8. The SMILES string of the molecule is C[C@H](NS(=O)(=O)c1ccc(CCC(=O)Nc2cc(Cl)ccc2Oc2ccccc2)cc1)c1ccccc1. The molecule has 0 spiro atoms. The van der Waals surface area contributed by atoms with Crippen molar-refractivity contribution < 1.29 is 17.9 Å². The van der Waals surface area contributed by atoms with Crippen molar-refractivity contribution >= 4 is 33.2 Å². The van der Waals surface area contributed by atoms with Crippen molar-refractivity contribution in [3.8, 4) is 11.5 Å². The molecule has 4 aromatic carbocycles. The highest BCUT2D eigenvalue weighted by Gasteiger charge is 2.18. The van der Waals surface area contributed by atoms with E-state index in [2.05, 4.69) is 10.0 Å². The molecule has 0 saturated heterocycles. The van der Waals surface area contributed by atoms with E-state index in [4.69, 9.17) is 16.3 Å². The summed E-state index contributed by atoms with van der Waals surface area (Å²) in [5.41, 5.74) is 2.20. The van der Waals surface area contributed by atoms with Crippen LogP contribution >= 0.6 is 11.6 Å². The third kappa shape index (κ3) is 7.43. The van der Waals surface area contributed by atoms with E-state index >= 15 is 0 Å². The van der Waals surface area contributed by atoms with Crippen LogP contribution in [0.5, 0.6) is 11.5 Å². The number of hydrogen-bond acceptors (Lipinski definition) is 4. The van der Waals surface area contributed by atoms with Gasteiger partial charge in [0.25, 0.3) is 0 Å². The molecular formula is C29H27ClN2O4S. The van der Waals surface area contributed by atoms with E-state index in [-0.39, 0.29) is 23.3 Å². The minimum atomic E-state index is -3.69. The second kappa shape index (κ2) is 12.1. The summed E-state index contributed by atoms with van der Waals surface area (Å²) in [4.78, 5) is 12.8. The zero-order valence-corrected chi connectivity index (χ0v) is 21.8. The van der Waals surface area contributed by atoms with Gasteiger partial charge in [-0.05, 0) is 66.9 Å². The van der Waals surface area contributed by atoms with Gasteiger partial charge in [-0.3, -0.25) is 4.79 Å². The Morgan fingerprint density at radius 3 is 2.22 bits per heavy atom. The third-order valence-corrected chi connectivity index (χ3v) is 7.48. The van der Waals surface area contributed by atoms with Gasteiger partial charge in [0.05, 0.1) is 10.6 Å². The lowest BCUT2D eigenvalue weighted by atomic mass is 10.1. The topological polar surface area (TPSA) is 84.5 Å². The van der Waals surface area contributed by atoms with Crippen molar-refractivity contribution in [3.63, 3.8) is 0 Å². The Balaban J connectivity index is 1.35. The van der Waals surface area contributed by atoms with E-state index < -0.39 is 10.0 Å². The lowest BCUT2D eigenvalue weighted by molar-refractivity contribution is -0.116. The predicted octanol–water partition coefficient (Wildman–Crippen LogP) is 6.74. The Morgan fingerprint density at radius 1 is 0.892 bits per heavy atom. The first-order valence-corrected chi connectivity index (χ1v) is 13.6. The number of rotatable bonds is 10. The maximum absolute atomic E-state index is 12.8. The molecule has 6 nitrogen and oxygen atoms in total. The monoisotopic (exact) mass is 534 g/mol. The number of sulfonamides is 1. The molecule has 0 saturated carbocycles. The number of anilines is 1. The third-order valence-electron chi connectivity index (χ3n) is 5.69. The summed E-state index contributed by atoms with van der Waals surface area (Å²) in [7, 11) is -3.69. The van der Waals surface area contributed by atoms with Gasteiger partial charge in [0, 0.05) is 17.5 Å². The van der Waals surface area contributed by atoms with Crippen LogP contribution in [-0.4, -0.2) is 14.3 Å². The molecule has 37 heavy (non-hydrogen) atoms. The summed E-state index contributed by atoms with van der Waals surface area (Å²) >= 11 is 6.13. The highest BCUT2D eigenvalue weighted by Crippen LogP contribution is 2.32. The number of benzene rings is 4. The fourth-order valence-electron chi connectivity index (χ4n) is 3.72. The Labute approximate surface area is 222 Å². The van der Waals surface area contributed by atoms with E-state index in [0.29, 0.717) is 28.6 Å².